The number of unbranched alkanes of at least 4 members (excludes halogenated alkanes) is 2. The van der Waals surface area contributed by atoms with Gasteiger partial charge in [-0.25, -0.2) is 9.78 Å². The van der Waals surface area contributed by atoms with Crippen molar-refractivity contribution in [1.82, 2.24) is 89.7 Å². The van der Waals surface area contributed by atoms with Crippen LogP contribution in [-0.4, -0.2) is 255 Å². The average Bonchev–Trinajstić information content (AvgIpc) is 0.970. The van der Waals surface area contributed by atoms with Crippen LogP contribution in [0.1, 0.15) is 163 Å². The number of carbonyl (C=O) groups excluding carboxylic acids is 16. The number of nitrogens with two attached hydrogens (primary N) is 6. The van der Waals surface area contributed by atoms with Gasteiger partial charge in [0.05, 0.1) is 18.9 Å². The Hall–Kier alpha value is -11.9. The van der Waals surface area contributed by atoms with Crippen LogP contribution in [0.5, 0.6) is 0 Å². The van der Waals surface area contributed by atoms with Gasteiger partial charge in [0.15, 0.2) is 5.96 Å². The summed E-state index contributed by atoms with van der Waals surface area (Å²) >= 11 is 1.30. The first-order valence-corrected chi connectivity index (χ1v) is 43.5. The highest BCUT2D eigenvalue weighted by Gasteiger charge is 2.40. The highest BCUT2D eigenvalue weighted by atomic mass is 32.2. The van der Waals surface area contributed by atoms with Gasteiger partial charge >= 0.3 is 5.97 Å². The molecule has 0 bridgehead atoms. The fourth-order valence-electron chi connectivity index (χ4n) is 12.7. The molecule has 16 amide bonds. The van der Waals surface area contributed by atoms with Crippen molar-refractivity contribution in [2.45, 2.75) is 262 Å². The minimum atomic E-state index is -1.88. The van der Waals surface area contributed by atoms with Gasteiger partial charge in [-0.1, -0.05) is 109 Å². The van der Waals surface area contributed by atoms with Crippen LogP contribution in [0.2, 0.25) is 0 Å². The van der Waals surface area contributed by atoms with E-state index >= 15 is 9.59 Å². The molecular formula is C82H132N24O19S. The molecule has 0 saturated heterocycles. The molecule has 0 spiro atoms. The molecule has 1 heterocycles. The minimum absolute atomic E-state index is 0.0155. The van der Waals surface area contributed by atoms with Gasteiger partial charge in [-0.3, -0.25) is 82.1 Å². The van der Waals surface area contributed by atoms with Gasteiger partial charge in [0, 0.05) is 44.1 Å². The number of carboxylic acid groups (broad SMARTS) is 1. The van der Waals surface area contributed by atoms with Gasteiger partial charge in [0.25, 0.3) is 0 Å². The number of benzene rings is 2. The second-order valence-electron chi connectivity index (χ2n) is 31.6. The Morgan fingerprint density at radius 3 is 1.23 bits per heavy atom. The van der Waals surface area contributed by atoms with E-state index in [-0.39, 0.29) is 108 Å². The number of aliphatic hydroxyl groups is 1. The number of rotatable bonds is 60. The first-order chi connectivity index (χ1) is 59.5. The maximum absolute atomic E-state index is 15.0. The largest absolute Gasteiger partial charge is 0.480 e. The van der Waals surface area contributed by atoms with E-state index in [1.54, 1.807) is 108 Å². The van der Waals surface area contributed by atoms with Crippen molar-refractivity contribution in [2.24, 2.45) is 52.2 Å². The number of imidazole rings is 1. The van der Waals surface area contributed by atoms with Crippen LogP contribution in [0.4, 0.5) is 0 Å². The molecule has 2 aromatic carbocycles. The molecule has 0 unspecified atom stereocenters. The van der Waals surface area contributed by atoms with Crippen molar-refractivity contribution in [2.75, 3.05) is 31.6 Å². The predicted molar refractivity (Wildman–Crippen MR) is 468 cm³/mol. The summed E-state index contributed by atoms with van der Waals surface area (Å²) in [5, 5.41) is 66.2. The molecule has 1 aromatic heterocycles. The lowest BCUT2D eigenvalue weighted by atomic mass is 9.96. The molecule has 0 fully saturated rings. The van der Waals surface area contributed by atoms with E-state index in [2.05, 4.69) is 89.7 Å². The molecule has 0 aliphatic carbocycles. The molecule has 43 nitrogen and oxygen atoms in total. The second kappa shape index (κ2) is 56.9. The maximum atomic E-state index is 15.0. The molecule has 44 heteroatoms. The molecule has 3 aromatic rings. The number of thioether (sulfide) groups is 1. The summed E-state index contributed by atoms with van der Waals surface area (Å²) in [6.07, 6.45) is 2.20. The fourth-order valence-corrected chi connectivity index (χ4v) is 13.2. The maximum Gasteiger partial charge on any atom is 0.326 e. The number of aliphatic carboxylic acids is 1. The monoisotopic (exact) mass is 1790 g/mol. The molecule has 31 N–H and O–H groups in total. The third kappa shape index (κ3) is 39.5. The van der Waals surface area contributed by atoms with Crippen molar-refractivity contribution in [3.8, 4) is 0 Å². The lowest BCUT2D eigenvalue weighted by Crippen LogP contribution is -2.62. The van der Waals surface area contributed by atoms with Crippen molar-refractivity contribution in [3.63, 3.8) is 0 Å². The Bertz CT molecular complexity index is 4080. The van der Waals surface area contributed by atoms with Crippen LogP contribution in [0.25, 0.3) is 0 Å². The minimum Gasteiger partial charge on any atom is -0.480 e. The zero-order valence-electron chi connectivity index (χ0n) is 73.2. The predicted octanol–water partition coefficient (Wildman–Crippen LogP) is -5.17. The SMILES string of the molecule is CC[C@H](C)[C@H](NC(=O)[C@H](Cc1ccccc1)NC(=O)[C@@H](NC(=O)[C@H](C)NC(=O)[C@H](CCSC)NC(=O)[C@H](CCC(N)=O)NC(=O)[C@@H](NC(=O)[C@H](C)NC(=O)[C@@H](N)[C@@H](C)O)C(C)C)C(C)C)C(=O)N[C@@H](Cc1cnc[nH]1)C(=O)N[C@@H](CC(N)=O)C(=O)N[C@@H](Cc1ccccc1)C(=O)N[C@@H](CCCCN)C(=O)N[C@@H](CCCNC(=N)N)C(=O)N[C@H](CCCCN)C(=O)O. The number of nitrogens with one attached hydrogen (secondary N) is 17. The van der Waals surface area contributed by atoms with Gasteiger partial charge in [0.1, 0.15) is 90.6 Å². The summed E-state index contributed by atoms with van der Waals surface area (Å²) in [6, 6.07) is -5.38. The summed E-state index contributed by atoms with van der Waals surface area (Å²) in [4.78, 5) is 244. The number of guanidine groups is 1. The van der Waals surface area contributed by atoms with Crippen molar-refractivity contribution >= 4 is 118 Å². The summed E-state index contributed by atoms with van der Waals surface area (Å²) in [7, 11) is 0. The van der Waals surface area contributed by atoms with Crippen molar-refractivity contribution < 1.29 is 91.7 Å². The number of carbonyl (C=O) groups is 17. The zero-order chi connectivity index (χ0) is 94.4. The summed E-state index contributed by atoms with van der Waals surface area (Å²) in [5.74, 6) is -18.5. The van der Waals surface area contributed by atoms with E-state index in [0.29, 0.717) is 30.4 Å². The lowest BCUT2D eigenvalue weighted by molar-refractivity contribution is -0.142. The quantitative estimate of drug-likeness (QED) is 0.0143. The Balaban J connectivity index is 1.98. The normalized spacial score (nSPS) is 15.2. The Morgan fingerprint density at radius 2 is 0.810 bits per heavy atom. The van der Waals surface area contributed by atoms with E-state index < -0.39 is 228 Å². The highest BCUT2D eigenvalue weighted by Crippen LogP contribution is 2.17. The smallest absolute Gasteiger partial charge is 0.326 e. The van der Waals surface area contributed by atoms with Gasteiger partial charge in [-0.05, 0) is 139 Å². The summed E-state index contributed by atoms with van der Waals surface area (Å²) in [6.45, 7) is 14.1. The molecule has 3 rings (SSSR count). The van der Waals surface area contributed by atoms with Crippen LogP contribution < -0.4 is 114 Å². The Morgan fingerprint density at radius 1 is 0.437 bits per heavy atom. The number of amides is 16. The molecule has 17 atom stereocenters. The van der Waals surface area contributed by atoms with E-state index in [9.17, 15) is 82.1 Å². The average molecular weight is 1790 g/mol. The molecular weight excluding hydrogens is 1660 g/mol. The molecule has 700 valence electrons. The number of aromatic amines is 1. The van der Waals surface area contributed by atoms with Gasteiger partial charge in [0.2, 0.25) is 94.5 Å². The standard InChI is InChI=1S/C82H132N24O19S/c1-11-45(6)66(106-76(119)58(38-50-25-16-13-17-26-50)102-79(122)65(44(4)5)105-67(110)46(7)93-69(112)55(32-36-126-10)97-72(115)54(30-31-61(85)108)98-78(121)64(43(2)3)104-68(111)47(8)94-77(120)63(87)48(9)107)80(123)103-59(39-51-41-90-42-92-51)74(117)101-60(40-62(86)109)75(118)100-57(37-49-23-14-12-15-24-49)73(116)96-52(27-18-20-33-83)70(113)95-53(29-22-35-91-82(88)89)71(114)99-56(81(124)125)28-19-21-34-84/h12-17,23-26,41-48,52-60,63-66,107H,11,18-22,27-40,83-84,87H2,1-10H3,(H2,85,108)(H2,86,109)(H,90,92)(H,93,112)(H,94,120)(H,95,113)(H,96,116)(H,97,115)(H,98,121)(H,99,114)(H,100,118)(H,101,117)(H,102,122)(H,103,123)(H,104,111)(H,105,110)(H,106,119)(H,124,125)(H4,88,89,91)/t45-,46-,47-,48+,52-,53-,54-,55-,56+,57-,58-,59-,60-,63-,64-,65-,66-/m0/s1. The number of primary amides is 2. The van der Waals surface area contributed by atoms with E-state index in [1.807, 2.05) is 0 Å². The van der Waals surface area contributed by atoms with Gasteiger partial charge in [-0.15, -0.1) is 0 Å². The fraction of sp³-hybridized carbons (Fsp3) is 0.598. The van der Waals surface area contributed by atoms with Crippen molar-refractivity contribution in [3.05, 3.63) is 90.0 Å². The Kier molecular flexibility index (Phi) is 48.9. The van der Waals surface area contributed by atoms with Crippen LogP contribution in [0, 0.1) is 23.2 Å². The van der Waals surface area contributed by atoms with E-state index in [1.165, 1.54) is 45.1 Å². The molecule has 0 saturated carbocycles. The van der Waals surface area contributed by atoms with E-state index in [0.717, 1.165) is 0 Å². The topological polar surface area (TPSA) is 720 Å². The second-order valence-corrected chi connectivity index (χ2v) is 32.6. The molecule has 0 radical (unpaired) electrons. The number of nitrogens with zero attached hydrogens (tertiary/aromatic N) is 1. The number of H-pyrrole nitrogens is 1. The number of carboxylic acids is 1. The number of hydrogen-bond acceptors (Lipinski definition) is 24. The number of hydrogen-bond donors (Lipinski definition) is 25. The number of aliphatic hydroxyl groups excluding tert-OH is 1. The summed E-state index contributed by atoms with van der Waals surface area (Å²) < 4.78 is 0. The van der Waals surface area contributed by atoms with E-state index in [4.69, 9.17) is 39.8 Å². The zero-order valence-corrected chi connectivity index (χ0v) is 74.0. The molecule has 0 aliphatic rings. The van der Waals surface area contributed by atoms with Crippen LogP contribution >= 0.6 is 11.8 Å². The van der Waals surface area contributed by atoms with Gasteiger partial charge < -0.3 is 129 Å². The third-order valence-electron chi connectivity index (χ3n) is 20.4. The van der Waals surface area contributed by atoms with Crippen LogP contribution in [-0.2, 0) is 101 Å². The highest BCUT2D eigenvalue weighted by molar-refractivity contribution is 7.98. The lowest BCUT2D eigenvalue weighted by Gasteiger charge is -2.30. The van der Waals surface area contributed by atoms with Gasteiger partial charge in [-0.2, -0.15) is 11.8 Å². The molecule has 126 heavy (non-hydrogen) atoms. The van der Waals surface area contributed by atoms with Crippen molar-refractivity contribution in [1.29, 1.82) is 5.41 Å². The molecule has 0 aliphatic heterocycles. The summed E-state index contributed by atoms with van der Waals surface area (Å²) in [5.41, 5.74) is 35.1. The van der Waals surface area contributed by atoms with Crippen LogP contribution in [0.3, 0.4) is 0 Å². The van der Waals surface area contributed by atoms with Crippen LogP contribution in [0.15, 0.2) is 73.2 Å². The first kappa shape index (κ1) is 108. The Labute approximate surface area is 737 Å². The number of aromatic nitrogens is 2. The third-order valence-corrected chi connectivity index (χ3v) is 21.1. The first-order valence-electron chi connectivity index (χ1n) is 42.1.